The van der Waals surface area contributed by atoms with Crippen molar-refractivity contribution in [3.05, 3.63) is 0 Å². The minimum atomic E-state index is 0.484. The van der Waals surface area contributed by atoms with E-state index < -0.39 is 0 Å². The molecule has 1 fully saturated rings. The smallest absolute Gasteiger partial charge is 0.0885 e. The number of hydrogen-bond acceptors (Lipinski definition) is 1. The van der Waals surface area contributed by atoms with Gasteiger partial charge in [0.1, 0.15) is 0 Å². The van der Waals surface area contributed by atoms with Crippen LogP contribution in [0.2, 0.25) is 0 Å². The summed E-state index contributed by atoms with van der Waals surface area (Å²) >= 11 is 0. The highest BCUT2D eigenvalue weighted by Crippen LogP contribution is 2.23. The van der Waals surface area contributed by atoms with Gasteiger partial charge in [0.25, 0.3) is 0 Å². The predicted molar refractivity (Wildman–Crippen MR) is 48.3 cm³/mol. The minimum absolute atomic E-state index is 0.484. The topological polar surface area (TPSA) is 26.0 Å². The fourth-order valence-electron chi connectivity index (χ4n) is 1.88. The first-order chi connectivity index (χ1) is 5.00. The monoisotopic (exact) mass is 157 g/mol. The van der Waals surface area contributed by atoms with E-state index in [4.69, 9.17) is 5.73 Å². The summed E-state index contributed by atoms with van der Waals surface area (Å²) in [5.41, 5.74) is 5.83. The Hall–Kier alpha value is -0.0800. The van der Waals surface area contributed by atoms with Gasteiger partial charge in [-0.2, -0.15) is 0 Å². The molecule has 2 N–H and O–H groups in total. The van der Waals surface area contributed by atoms with Crippen molar-refractivity contribution >= 4 is 0 Å². The van der Waals surface area contributed by atoms with Gasteiger partial charge >= 0.3 is 0 Å². The maximum atomic E-state index is 5.83. The molecule has 0 atom stereocenters. The molecule has 2 nitrogen and oxygen atoms in total. The molecule has 0 aromatic rings. The van der Waals surface area contributed by atoms with Crippen LogP contribution in [0.3, 0.4) is 0 Å². The van der Waals surface area contributed by atoms with Crippen molar-refractivity contribution in [2.75, 3.05) is 21.1 Å². The average molecular weight is 157 g/mol. The molecule has 2 heteroatoms. The second-order valence-electron chi connectivity index (χ2n) is 4.68. The van der Waals surface area contributed by atoms with Crippen molar-refractivity contribution in [3.63, 3.8) is 0 Å². The van der Waals surface area contributed by atoms with E-state index in [1.807, 2.05) is 0 Å². The van der Waals surface area contributed by atoms with Crippen LogP contribution in [0, 0.1) is 0 Å². The van der Waals surface area contributed by atoms with Gasteiger partial charge in [-0.1, -0.05) is 0 Å². The third-order valence-electron chi connectivity index (χ3n) is 2.84. The van der Waals surface area contributed by atoms with Crippen molar-refractivity contribution in [3.8, 4) is 0 Å². The van der Waals surface area contributed by atoms with Crippen molar-refractivity contribution in [1.82, 2.24) is 0 Å². The summed E-state index contributed by atoms with van der Waals surface area (Å²) in [5.74, 6) is 0. The highest BCUT2D eigenvalue weighted by Gasteiger charge is 2.28. The zero-order chi connectivity index (χ0) is 8.48. The fourth-order valence-corrected chi connectivity index (χ4v) is 1.88. The molecular weight excluding hydrogens is 136 g/mol. The second-order valence-corrected chi connectivity index (χ2v) is 4.68. The zero-order valence-corrected chi connectivity index (χ0v) is 8.01. The van der Waals surface area contributed by atoms with Gasteiger partial charge in [0, 0.05) is 18.9 Å². The average Bonchev–Trinajstić information content (AvgIpc) is 1.86. The lowest BCUT2D eigenvalue weighted by Gasteiger charge is -2.38. The number of nitrogens with two attached hydrogens (primary N) is 1. The summed E-state index contributed by atoms with van der Waals surface area (Å²) in [6.45, 7) is 0. The molecule has 0 aromatic heterocycles. The van der Waals surface area contributed by atoms with Gasteiger partial charge < -0.3 is 10.2 Å². The van der Waals surface area contributed by atoms with E-state index >= 15 is 0 Å². The van der Waals surface area contributed by atoms with E-state index in [-0.39, 0.29) is 0 Å². The van der Waals surface area contributed by atoms with Crippen LogP contribution < -0.4 is 5.73 Å². The standard InChI is InChI=1S/C9H21N2/c1-11(2,3)9-6-4-8(10)5-7-9/h8-9H,4-7,10H2,1-3H3/q+1/t8-,9-. The Bertz CT molecular complexity index is 118. The summed E-state index contributed by atoms with van der Waals surface area (Å²) in [5, 5.41) is 0. The van der Waals surface area contributed by atoms with E-state index in [9.17, 15) is 0 Å². The van der Waals surface area contributed by atoms with Gasteiger partial charge in [-0.05, 0) is 12.8 Å². The Kier molecular flexibility index (Phi) is 2.55. The highest BCUT2D eigenvalue weighted by atomic mass is 15.3. The molecular formula is C9H21N2+. The van der Waals surface area contributed by atoms with Crippen molar-refractivity contribution in [1.29, 1.82) is 0 Å². The Morgan fingerprint density at radius 3 is 1.82 bits per heavy atom. The fraction of sp³-hybridized carbons (Fsp3) is 1.00. The molecule has 66 valence electrons. The third kappa shape index (κ3) is 2.46. The van der Waals surface area contributed by atoms with E-state index in [1.54, 1.807) is 0 Å². The van der Waals surface area contributed by atoms with Gasteiger partial charge in [-0.15, -0.1) is 0 Å². The first kappa shape index (κ1) is 9.01. The zero-order valence-electron chi connectivity index (χ0n) is 8.01. The van der Waals surface area contributed by atoms with Crippen molar-refractivity contribution in [2.24, 2.45) is 5.73 Å². The Labute approximate surface area is 70.0 Å². The van der Waals surface area contributed by atoms with Gasteiger partial charge in [0.05, 0.1) is 27.2 Å². The summed E-state index contributed by atoms with van der Waals surface area (Å²) in [7, 11) is 6.84. The summed E-state index contributed by atoms with van der Waals surface area (Å²) in [6, 6.07) is 1.33. The highest BCUT2D eigenvalue weighted by molar-refractivity contribution is 4.74. The predicted octanol–water partition coefficient (Wildman–Crippen LogP) is 0.962. The normalized spacial score (nSPS) is 33.8. The Morgan fingerprint density at radius 2 is 1.45 bits per heavy atom. The van der Waals surface area contributed by atoms with Crippen LogP contribution >= 0.6 is 0 Å². The summed E-state index contributed by atoms with van der Waals surface area (Å²) in [4.78, 5) is 0. The van der Waals surface area contributed by atoms with Crippen LogP contribution in [0.15, 0.2) is 0 Å². The second kappa shape index (κ2) is 3.11. The van der Waals surface area contributed by atoms with Crippen LogP contribution in [-0.4, -0.2) is 37.7 Å². The molecule has 0 aliphatic heterocycles. The van der Waals surface area contributed by atoms with E-state index in [0.717, 1.165) is 10.5 Å². The largest absolute Gasteiger partial charge is 0.328 e. The Balaban J connectivity index is 2.39. The number of hydrogen-bond donors (Lipinski definition) is 1. The van der Waals surface area contributed by atoms with Gasteiger partial charge in [0.15, 0.2) is 0 Å². The molecule has 1 aliphatic carbocycles. The van der Waals surface area contributed by atoms with Crippen LogP contribution in [-0.2, 0) is 0 Å². The first-order valence-corrected chi connectivity index (χ1v) is 4.57. The molecule has 0 bridgehead atoms. The van der Waals surface area contributed by atoms with Crippen LogP contribution in [0.1, 0.15) is 25.7 Å². The van der Waals surface area contributed by atoms with E-state index in [1.165, 1.54) is 25.7 Å². The maximum absolute atomic E-state index is 5.83. The quantitative estimate of drug-likeness (QED) is 0.564. The lowest BCUT2D eigenvalue weighted by Crippen LogP contribution is -2.48. The third-order valence-corrected chi connectivity index (χ3v) is 2.84. The SMILES string of the molecule is C[N+](C)(C)[C@H]1CC[C@H](N)CC1. The van der Waals surface area contributed by atoms with Gasteiger partial charge in [0.2, 0.25) is 0 Å². The Morgan fingerprint density at radius 1 is 1.00 bits per heavy atom. The van der Waals surface area contributed by atoms with Crippen molar-refractivity contribution < 1.29 is 4.48 Å². The van der Waals surface area contributed by atoms with E-state index in [2.05, 4.69) is 21.1 Å². The summed E-state index contributed by atoms with van der Waals surface area (Å²) < 4.78 is 1.10. The minimum Gasteiger partial charge on any atom is -0.328 e. The molecule has 0 amide bonds. The molecule has 0 saturated heterocycles. The number of quaternary nitrogens is 1. The maximum Gasteiger partial charge on any atom is 0.0885 e. The number of nitrogens with zero attached hydrogens (tertiary/aromatic N) is 1. The van der Waals surface area contributed by atoms with Crippen molar-refractivity contribution in [2.45, 2.75) is 37.8 Å². The first-order valence-electron chi connectivity index (χ1n) is 4.57. The molecule has 1 aliphatic rings. The molecule has 1 saturated carbocycles. The molecule has 0 aromatic carbocycles. The molecule has 0 unspecified atom stereocenters. The van der Waals surface area contributed by atoms with Crippen LogP contribution in [0.5, 0.6) is 0 Å². The molecule has 0 spiro atoms. The number of rotatable bonds is 1. The molecule has 1 rings (SSSR count). The molecule has 0 radical (unpaired) electrons. The van der Waals surface area contributed by atoms with Crippen LogP contribution in [0.25, 0.3) is 0 Å². The van der Waals surface area contributed by atoms with E-state index in [0.29, 0.717) is 6.04 Å². The molecule has 0 heterocycles. The lowest BCUT2D eigenvalue weighted by molar-refractivity contribution is -0.897. The van der Waals surface area contributed by atoms with Crippen LogP contribution in [0.4, 0.5) is 0 Å². The summed E-state index contributed by atoms with van der Waals surface area (Å²) in [6.07, 6.45) is 5.07. The van der Waals surface area contributed by atoms with Gasteiger partial charge in [-0.25, -0.2) is 0 Å². The molecule has 11 heavy (non-hydrogen) atoms. The van der Waals surface area contributed by atoms with Gasteiger partial charge in [-0.3, -0.25) is 0 Å². The lowest BCUT2D eigenvalue weighted by atomic mass is 9.90.